The average Bonchev–Trinajstić information content (AvgIpc) is 3.39. The summed E-state index contributed by atoms with van der Waals surface area (Å²) in [4.78, 5) is 15.9. The number of hydrogen-bond acceptors (Lipinski definition) is 8. The van der Waals surface area contributed by atoms with Crippen LogP contribution in [-0.2, 0) is 0 Å². The third-order valence-corrected chi connectivity index (χ3v) is 5.68. The van der Waals surface area contributed by atoms with E-state index in [1.54, 1.807) is 23.5 Å². The van der Waals surface area contributed by atoms with E-state index in [4.69, 9.17) is 4.42 Å². The van der Waals surface area contributed by atoms with E-state index in [2.05, 4.69) is 26.9 Å². The summed E-state index contributed by atoms with van der Waals surface area (Å²) in [6.45, 7) is 5.47. The predicted molar refractivity (Wildman–Crippen MR) is 103 cm³/mol. The van der Waals surface area contributed by atoms with Crippen LogP contribution in [-0.4, -0.2) is 46.2 Å². The van der Waals surface area contributed by atoms with Crippen molar-refractivity contribution in [2.45, 2.75) is 13.0 Å². The Labute approximate surface area is 160 Å². The van der Waals surface area contributed by atoms with E-state index < -0.39 is 0 Å². The molecule has 1 aliphatic heterocycles. The third-order valence-electron chi connectivity index (χ3n) is 4.82. The number of nitrogens with zero attached hydrogens (tertiary/aromatic N) is 5. The van der Waals surface area contributed by atoms with Gasteiger partial charge in [0.1, 0.15) is 0 Å². The molecule has 27 heavy (non-hydrogen) atoms. The van der Waals surface area contributed by atoms with Crippen LogP contribution in [0.1, 0.15) is 18.9 Å². The van der Waals surface area contributed by atoms with Gasteiger partial charge < -0.3 is 9.32 Å². The fourth-order valence-corrected chi connectivity index (χ4v) is 3.86. The van der Waals surface area contributed by atoms with E-state index in [-0.39, 0.29) is 16.7 Å². The van der Waals surface area contributed by atoms with Gasteiger partial charge in [0, 0.05) is 44.0 Å². The number of anilines is 1. The number of nitro groups is 1. The zero-order valence-corrected chi connectivity index (χ0v) is 15.6. The quantitative estimate of drug-likeness (QED) is 0.490. The molecule has 1 fully saturated rings. The van der Waals surface area contributed by atoms with Crippen LogP contribution in [0.3, 0.4) is 0 Å². The second kappa shape index (κ2) is 7.45. The Balaban J connectivity index is 1.38. The molecule has 0 amide bonds. The number of rotatable bonds is 5. The Hall–Kier alpha value is -2.78. The van der Waals surface area contributed by atoms with Crippen LogP contribution in [0.2, 0.25) is 0 Å². The number of aromatic nitrogens is 2. The average molecular weight is 385 g/mol. The molecule has 9 heteroatoms. The van der Waals surface area contributed by atoms with Gasteiger partial charge in [-0.2, -0.15) is 0 Å². The van der Waals surface area contributed by atoms with E-state index in [1.807, 2.05) is 29.6 Å². The van der Waals surface area contributed by atoms with Gasteiger partial charge in [-0.05, 0) is 30.5 Å². The van der Waals surface area contributed by atoms with Crippen LogP contribution in [0.5, 0.6) is 0 Å². The van der Waals surface area contributed by atoms with Crippen molar-refractivity contribution in [2.24, 2.45) is 0 Å². The number of hydrogen-bond donors (Lipinski definition) is 0. The molecule has 8 nitrogen and oxygen atoms in total. The van der Waals surface area contributed by atoms with Gasteiger partial charge in [-0.1, -0.05) is 6.07 Å². The maximum absolute atomic E-state index is 10.8. The van der Waals surface area contributed by atoms with Gasteiger partial charge in [0.25, 0.3) is 11.6 Å². The van der Waals surface area contributed by atoms with E-state index in [0.717, 1.165) is 36.7 Å². The first-order valence-electron chi connectivity index (χ1n) is 8.72. The Bertz CT molecular complexity index is 901. The highest BCUT2D eigenvalue weighted by atomic mass is 32.1. The largest absolute Gasteiger partial charge is 0.418 e. The zero-order valence-electron chi connectivity index (χ0n) is 14.8. The molecule has 0 N–H and O–H groups in total. The van der Waals surface area contributed by atoms with Gasteiger partial charge in [0.2, 0.25) is 5.89 Å². The molecular weight excluding hydrogens is 366 g/mol. The molecule has 3 heterocycles. The van der Waals surface area contributed by atoms with E-state index in [1.165, 1.54) is 0 Å². The second-order valence-corrected chi connectivity index (χ2v) is 7.34. The van der Waals surface area contributed by atoms with E-state index in [0.29, 0.717) is 11.8 Å². The maximum atomic E-state index is 10.8. The monoisotopic (exact) mass is 385 g/mol. The van der Waals surface area contributed by atoms with Gasteiger partial charge >= 0.3 is 0 Å². The smallest absolute Gasteiger partial charge is 0.269 e. The highest BCUT2D eigenvalue weighted by Crippen LogP contribution is 2.28. The van der Waals surface area contributed by atoms with E-state index >= 15 is 0 Å². The van der Waals surface area contributed by atoms with Crippen molar-refractivity contribution in [1.29, 1.82) is 0 Å². The maximum Gasteiger partial charge on any atom is 0.269 e. The van der Waals surface area contributed by atoms with Gasteiger partial charge in [-0.3, -0.25) is 15.0 Å². The molecule has 3 aromatic rings. The lowest BCUT2D eigenvalue weighted by Gasteiger charge is -2.38. The van der Waals surface area contributed by atoms with Crippen molar-refractivity contribution in [2.75, 3.05) is 31.1 Å². The van der Waals surface area contributed by atoms with Crippen molar-refractivity contribution in [3.8, 4) is 10.8 Å². The normalized spacial score (nSPS) is 16.4. The summed E-state index contributed by atoms with van der Waals surface area (Å²) in [6.07, 6.45) is 0. The van der Waals surface area contributed by atoms with Crippen molar-refractivity contribution >= 4 is 22.7 Å². The minimum atomic E-state index is -0.377. The molecule has 0 bridgehead atoms. The summed E-state index contributed by atoms with van der Waals surface area (Å²) < 4.78 is 5.86. The highest BCUT2D eigenvalue weighted by Gasteiger charge is 2.26. The molecule has 1 aliphatic rings. The standard InChI is InChI=1S/C18H19N5O3S/c1-13(17-19-20-18(26-17)16-3-2-12-27-16)21-8-10-22(11-9-21)14-4-6-15(7-5-14)23(24)25/h2-7,12-13H,8-11H2,1H3/t13-/m0/s1. The SMILES string of the molecule is C[C@@H](c1nnc(-c2cccs2)o1)N1CCN(c2ccc([N+](=O)[O-])cc2)CC1. The Morgan fingerprint density at radius 3 is 2.52 bits per heavy atom. The Morgan fingerprint density at radius 1 is 1.15 bits per heavy atom. The van der Waals surface area contributed by atoms with Gasteiger partial charge in [-0.25, -0.2) is 0 Å². The van der Waals surface area contributed by atoms with Crippen LogP contribution in [0.4, 0.5) is 11.4 Å². The lowest BCUT2D eigenvalue weighted by Crippen LogP contribution is -2.47. The van der Waals surface area contributed by atoms with Crippen LogP contribution in [0, 0.1) is 10.1 Å². The topological polar surface area (TPSA) is 88.5 Å². The molecule has 0 radical (unpaired) electrons. The minimum absolute atomic E-state index is 0.0465. The number of nitro benzene ring substituents is 1. The summed E-state index contributed by atoms with van der Waals surface area (Å²) in [5.41, 5.74) is 1.12. The first-order chi connectivity index (χ1) is 13.1. The number of piperazine rings is 1. The highest BCUT2D eigenvalue weighted by molar-refractivity contribution is 7.13. The van der Waals surface area contributed by atoms with Crippen molar-refractivity contribution in [3.63, 3.8) is 0 Å². The van der Waals surface area contributed by atoms with Crippen molar-refractivity contribution in [3.05, 3.63) is 57.8 Å². The van der Waals surface area contributed by atoms with Crippen LogP contribution < -0.4 is 4.90 Å². The molecule has 2 aromatic heterocycles. The molecular formula is C18H19N5O3S. The van der Waals surface area contributed by atoms with Crippen LogP contribution >= 0.6 is 11.3 Å². The third kappa shape index (κ3) is 3.69. The first kappa shape index (κ1) is 17.6. The minimum Gasteiger partial charge on any atom is -0.418 e. The second-order valence-electron chi connectivity index (χ2n) is 6.40. The molecule has 140 valence electrons. The first-order valence-corrected chi connectivity index (χ1v) is 9.60. The molecule has 0 aliphatic carbocycles. The number of thiophene rings is 1. The fourth-order valence-electron chi connectivity index (χ4n) is 3.21. The van der Waals surface area contributed by atoms with Gasteiger partial charge in [0.05, 0.1) is 15.8 Å². The Kier molecular flexibility index (Phi) is 4.87. The molecule has 1 atom stereocenters. The predicted octanol–water partition coefficient (Wildman–Crippen LogP) is 3.59. The molecule has 1 saturated heterocycles. The Morgan fingerprint density at radius 2 is 1.89 bits per heavy atom. The lowest BCUT2D eigenvalue weighted by atomic mass is 10.2. The van der Waals surface area contributed by atoms with Crippen LogP contribution in [0.25, 0.3) is 10.8 Å². The summed E-state index contributed by atoms with van der Waals surface area (Å²) in [5.74, 6) is 1.19. The molecule has 0 unspecified atom stereocenters. The number of non-ortho nitro benzene ring substituents is 1. The zero-order chi connectivity index (χ0) is 18.8. The number of benzene rings is 1. The molecule has 4 rings (SSSR count). The molecule has 0 saturated carbocycles. The van der Waals surface area contributed by atoms with E-state index in [9.17, 15) is 10.1 Å². The van der Waals surface area contributed by atoms with Gasteiger partial charge in [0.15, 0.2) is 0 Å². The fraction of sp³-hybridized carbons (Fsp3) is 0.333. The summed E-state index contributed by atoms with van der Waals surface area (Å²) in [5, 5.41) is 21.2. The lowest BCUT2D eigenvalue weighted by molar-refractivity contribution is -0.384. The summed E-state index contributed by atoms with van der Waals surface area (Å²) in [6, 6.07) is 10.7. The van der Waals surface area contributed by atoms with Gasteiger partial charge in [-0.15, -0.1) is 21.5 Å². The molecule has 1 aromatic carbocycles. The summed E-state index contributed by atoms with van der Waals surface area (Å²) >= 11 is 1.58. The van der Waals surface area contributed by atoms with Crippen LogP contribution in [0.15, 0.2) is 46.2 Å². The molecule has 0 spiro atoms. The van der Waals surface area contributed by atoms with Crippen molar-refractivity contribution in [1.82, 2.24) is 15.1 Å². The summed E-state index contributed by atoms with van der Waals surface area (Å²) in [7, 11) is 0. The van der Waals surface area contributed by atoms with Crippen molar-refractivity contribution < 1.29 is 9.34 Å².